The molecule has 0 aromatic heterocycles. The predicted octanol–water partition coefficient (Wildman–Crippen LogP) is 4.89. The van der Waals surface area contributed by atoms with Gasteiger partial charge in [0.1, 0.15) is 11.3 Å². The second-order valence-electron chi connectivity index (χ2n) is 5.09. The average molecular weight is 401 g/mol. The second-order valence-corrected chi connectivity index (χ2v) is 7.91. The van der Waals surface area contributed by atoms with Crippen LogP contribution >= 0.6 is 36.1 Å². The Morgan fingerprint density at radius 2 is 1.82 bits per heavy atom. The van der Waals surface area contributed by atoms with Gasteiger partial charge in [-0.05, 0) is 49.1 Å². The zero-order valence-electron chi connectivity index (χ0n) is 13.2. The third kappa shape index (κ3) is 4.65. The van der Waals surface area contributed by atoms with Gasteiger partial charge in [-0.25, -0.2) is 0 Å². The minimum absolute atomic E-state index is 0. The Kier molecular flexibility index (Phi) is 8.83. The first-order chi connectivity index (χ1) is 10.1. The minimum Gasteiger partial charge on any atom is -0.495 e. The molecule has 0 spiro atoms. The molecule has 22 heavy (non-hydrogen) atoms. The van der Waals surface area contributed by atoms with E-state index >= 15 is 0 Å². The molecule has 117 valence electrons. The zero-order chi connectivity index (χ0) is 15.4. The van der Waals surface area contributed by atoms with E-state index in [0.29, 0.717) is 32.2 Å². The molecule has 1 unspecified atom stereocenters. The van der Waals surface area contributed by atoms with E-state index < -0.39 is 0 Å². The number of carbonyl (C=O) groups is 1. The number of carbonyl (C=O) groups excluding carboxylic acids is 1. The fraction of sp³-hybridized carbons (Fsp3) is 0.533. The van der Waals surface area contributed by atoms with Crippen molar-refractivity contribution in [3.63, 3.8) is 0 Å². The molecule has 7 heteroatoms. The van der Waals surface area contributed by atoms with Gasteiger partial charge in [0.15, 0.2) is 11.3 Å². The first-order valence-electron chi connectivity index (χ1n) is 6.99. The Balaban J connectivity index is 0.00000242. The molecule has 1 aliphatic rings. The smallest absolute Gasteiger partial charge is 0.188 e. The van der Waals surface area contributed by atoms with E-state index in [4.69, 9.17) is 21.1 Å². The van der Waals surface area contributed by atoms with Crippen molar-refractivity contribution in [2.45, 2.75) is 37.8 Å². The summed E-state index contributed by atoms with van der Waals surface area (Å²) in [7, 11) is 3.32. The quantitative estimate of drug-likeness (QED) is 0.521. The predicted molar refractivity (Wildman–Crippen MR) is 97.5 cm³/mol. The summed E-state index contributed by atoms with van der Waals surface area (Å²) in [5.74, 6) is 0.912. The maximum Gasteiger partial charge on any atom is 0.188 e. The van der Waals surface area contributed by atoms with Gasteiger partial charge in [-0.1, -0.05) is 30.9 Å². The van der Waals surface area contributed by atoms with Crippen LogP contribution in [0.4, 0.5) is 0 Å². The van der Waals surface area contributed by atoms with Crippen LogP contribution in [0.15, 0.2) is 10.5 Å². The van der Waals surface area contributed by atoms with Crippen molar-refractivity contribution in [1.29, 1.82) is 0 Å². The summed E-state index contributed by atoms with van der Waals surface area (Å²) in [4.78, 5) is 12.7. The largest absolute Gasteiger partial charge is 0.495 e. The molecule has 1 radical (unpaired) electrons. The molecule has 1 aliphatic carbocycles. The Hall–Kier alpha value is 0.287. The summed E-state index contributed by atoms with van der Waals surface area (Å²) in [6.07, 6.45) is 5.99. The van der Waals surface area contributed by atoms with E-state index in [-0.39, 0.29) is 33.0 Å². The number of halogens is 2. The van der Waals surface area contributed by atoms with Crippen LogP contribution in [0.5, 0.6) is 11.5 Å². The summed E-state index contributed by atoms with van der Waals surface area (Å²) in [5, 5.41) is 0.418. The molecule has 1 aromatic carbocycles. The normalized spacial score (nSPS) is 15.6. The standard InChI is InChI=1S/C15H19BrClO3P.Li/c1-19-13-10(16)8-11(17)14(20-2)12(13)15(18)21-9-6-4-3-5-7-9;/h8-9,21H,3-7H2,1-2H3;. The molecule has 2 rings (SSSR count). The van der Waals surface area contributed by atoms with Gasteiger partial charge in [-0.2, -0.15) is 0 Å². The fourth-order valence-corrected chi connectivity index (χ4v) is 5.13. The van der Waals surface area contributed by atoms with Crippen molar-refractivity contribution < 1.29 is 14.3 Å². The number of rotatable bonds is 5. The first kappa shape index (κ1) is 20.3. The Labute approximate surface area is 158 Å². The van der Waals surface area contributed by atoms with E-state index in [1.165, 1.54) is 26.4 Å². The number of ether oxygens (including phenoxy) is 2. The van der Waals surface area contributed by atoms with Crippen LogP contribution in [0.25, 0.3) is 0 Å². The van der Waals surface area contributed by atoms with Gasteiger partial charge in [0.05, 0.1) is 23.7 Å². The van der Waals surface area contributed by atoms with Gasteiger partial charge in [0.25, 0.3) is 0 Å². The van der Waals surface area contributed by atoms with E-state index in [9.17, 15) is 4.79 Å². The van der Waals surface area contributed by atoms with Crippen molar-refractivity contribution in [2.75, 3.05) is 14.2 Å². The summed E-state index contributed by atoms with van der Waals surface area (Å²) in [6, 6.07) is 1.69. The van der Waals surface area contributed by atoms with Crippen molar-refractivity contribution >= 4 is 60.5 Å². The van der Waals surface area contributed by atoms with Crippen LogP contribution in [0.1, 0.15) is 42.5 Å². The van der Waals surface area contributed by atoms with Gasteiger partial charge in [0.2, 0.25) is 0 Å². The summed E-state index contributed by atoms with van der Waals surface area (Å²) in [5.41, 5.74) is 1.01. The third-order valence-electron chi connectivity index (χ3n) is 3.72. The molecule has 0 N–H and O–H groups in total. The molecule has 1 saturated carbocycles. The zero-order valence-corrected chi connectivity index (χ0v) is 16.5. The monoisotopic (exact) mass is 399 g/mol. The topological polar surface area (TPSA) is 35.5 Å². The molecule has 0 amide bonds. The van der Waals surface area contributed by atoms with E-state index in [2.05, 4.69) is 15.9 Å². The molecular formula is C15H19BrClLiO3P. The maximum absolute atomic E-state index is 12.7. The third-order valence-corrected chi connectivity index (χ3v) is 6.08. The van der Waals surface area contributed by atoms with Crippen molar-refractivity contribution in [3.05, 3.63) is 21.1 Å². The SMILES string of the molecule is COc1c(Cl)cc(Br)c(OC)c1C(=O)PC1CCCCC1.[Li]. The second kappa shape index (κ2) is 9.55. The molecule has 0 bridgehead atoms. The molecule has 0 aliphatic heterocycles. The number of hydrogen-bond acceptors (Lipinski definition) is 3. The first-order valence-corrected chi connectivity index (χ1v) is 9.24. The number of hydrogen-bond donors (Lipinski definition) is 0. The van der Waals surface area contributed by atoms with Gasteiger partial charge < -0.3 is 9.47 Å². The summed E-state index contributed by atoms with van der Waals surface area (Å²) in [6.45, 7) is 0. The minimum atomic E-state index is 0. The van der Waals surface area contributed by atoms with Crippen LogP contribution in [-0.4, -0.2) is 44.3 Å². The van der Waals surface area contributed by atoms with Gasteiger partial charge >= 0.3 is 0 Å². The maximum atomic E-state index is 12.7. The molecule has 0 saturated heterocycles. The molecule has 1 aromatic rings. The Bertz CT molecular complexity index is 508. The van der Waals surface area contributed by atoms with Gasteiger partial charge in [-0.15, -0.1) is 0 Å². The molecule has 0 heterocycles. The number of benzene rings is 1. The molecule has 1 atom stereocenters. The summed E-state index contributed by atoms with van der Waals surface area (Å²) < 4.78 is 11.4. The van der Waals surface area contributed by atoms with E-state index in [0.717, 1.165) is 12.8 Å². The Morgan fingerprint density at radius 1 is 1.23 bits per heavy atom. The van der Waals surface area contributed by atoms with Gasteiger partial charge in [0, 0.05) is 18.9 Å². The van der Waals surface area contributed by atoms with Crippen LogP contribution in [0, 0.1) is 0 Å². The van der Waals surface area contributed by atoms with Gasteiger partial charge in [-0.3, -0.25) is 4.79 Å². The van der Waals surface area contributed by atoms with Crippen molar-refractivity contribution in [1.82, 2.24) is 0 Å². The van der Waals surface area contributed by atoms with Crippen molar-refractivity contribution in [2.24, 2.45) is 0 Å². The fourth-order valence-electron chi connectivity index (χ4n) is 2.69. The summed E-state index contributed by atoms with van der Waals surface area (Å²) >= 11 is 9.59. The molecular weight excluding hydrogens is 381 g/mol. The number of methoxy groups -OCH3 is 2. The van der Waals surface area contributed by atoms with Crippen LogP contribution in [0.2, 0.25) is 5.02 Å². The molecule has 1 fully saturated rings. The van der Waals surface area contributed by atoms with Crippen LogP contribution < -0.4 is 9.47 Å². The van der Waals surface area contributed by atoms with E-state index in [1.54, 1.807) is 13.2 Å². The molecule has 3 nitrogen and oxygen atoms in total. The van der Waals surface area contributed by atoms with Crippen LogP contribution in [-0.2, 0) is 0 Å². The van der Waals surface area contributed by atoms with E-state index in [1.807, 2.05) is 0 Å². The Morgan fingerprint density at radius 3 is 2.36 bits per heavy atom. The van der Waals surface area contributed by atoms with Crippen LogP contribution in [0.3, 0.4) is 0 Å². The average Bonchev–Trinajstić information content (AvgIpc) is 2.47. The van der Waals surface area contributed by atoms with Crippen molar-refractivity contribution in [3.8, 4) is 11.5 Å².